The maximum Gasteiger partial charge on any atom is 0.308 e. The fraction of sp³-hybridized carbons (Fsp3) is 0.389. The van der Waals surface area contributed by atoms with Gasteiger partial charge in [0, 0.05) is 6.04 Å². The van der Waals surface area contributed by atoms with Gasteiger partial charge in [0.1, 0.15) is 11.0 Å². The molecule has 1 rings (SSSR count). The monoisotopic (exact) mass is 351 g/mol. The van der Waals surface area contributed by atoms with Crippen molar-refractivity contribution in [2.24, 2.45) is 0 Å². The fourth-order valence-corrected chi connectivity index (χ4v) is 2.96. The highest BCUT2D eigenvalue weighted by Gasteiger charge is 2.18. The van der Waals surface area contributed by atoms with Crippen molar-refractivity contribution in [1.29, 1.82) is 0 Å². The summed E-state index contributed by atoms with van der Waals surface area (Å²) in [4.78, 5) is 11.9. The second-order valence-electron chi connectivity index (χ2n) is 5.39. The Morgan fingerprint density at radius 1 is 1.33 bits per heavy atom. The number of nitrogens with one attached hydrogen (secondary N) is 1. The van der Waals surface area contributed by atoms with Crippen molar-refractivity contribution in [2.45, 2.75) is 43.7 Å². The minimum Gasteiger partial charge on any atom is -0.469 e. The van der Waals surface area contributed by atoms with Gasteiger partial charge in [0.05, 0.1) is 24.5 Å². The van der Waals surface area contributed by atoms with E-state index >= 15 is 0 Å². The molecule has 0 saturated carbocycles. The van der Waals surface area contributed by atoms with E-state index in [-0.39, 0.29) is 18.9 Å². The van der Waals surface area contributed by atoms with Gasteiger partial charge in [-0.1, -0.05) is 42.0 Å². The number of methoxy groups -OCH3 is 1. The lowest BCUT2D eigenvalue weighted by molar-refractivity contribution is -0.142. The van der Waals surface area contributed by atoms with Gasteiger partial charge in [0.2, 0.25) is 0 Å². The van der Waals surface area contributed by atoms with Crippen LogP contribution in [0.1, 0.15) is 25.3 Å². The summed E-state index contributed by atoms with van der Waals surface area (Å²) in [5, 5.41) is 10.0. The molecule has 132 valence electrons. The zero-order valence-corrected chi connectivity index (χ0v) is 15.1. The Morgan fingerprint density at radius 3 is 2.58 bits per heavy atom. The third kappa shape index (κ3) is 7.68. The normalized spacial score (nSPS) is 15.5. The van der Waals surface area contributed by atoms with Crippen LogP contribution < -0.4 is 4.72 Å². The number of aryl methyl sites for hydroxylation is 1. The molecule has 2 N–H and O–H groups in total. The van der Waals surface area contributed by atoms with Crippen LogP contribution in [0.5, 0.6) is 0 Å². The standard InChI is InChI=1S/C18H25NO4S/c1-4-5-6-7-15(12-16(20)13-18(21)23-3)19-24(22)17-10-8-14(2)9-11-17/h4-11,15-16,19-20H,12-13H2,1-3H3/b5-4+,7-6+/t15-,16-,24-/m1/s1. The lowest BCUT2D eigenvalue weighted by atomic mass is 10.1. The first-order valence-corrected chi connectivity index (χ1v) is 8.90. The van der Waals surface area contributed by atoms with Gasteiger partial charge in [-0.3, -0.25) is 4.79 Å². The molecule has 0 amide bonds. The number of rotatable bonds is 9. The summed E-state index contributed by atoms with van der Waals surface area (Å²) >= 11 is 0. The Bertz CT molecular complexity index is 596. The predicted molar refractivity (Wildman–Crippen MR) is 95.7 cm³/mol. The third-order valence-corrected chi connectivity index (χ3v) is 4.51. The fourth-order valence-electron chi connectivity index (χ4n) is 1.99. The molecule has 0 aliphatic heterocycles. The Balaban J connectivity index is 2.75. The second kappa shape index (κ2) is 10.9. The molecule has 0 bridgehead atoms. The average molecular weight is 351 g/mol. The highest BCUT2D eigenvalue weighted by atomic mass is 32.2. The number of hydrogen-bond acceptors (Lipinski definition) is 4. The summed E-state index contributed by atoms with van der Waals surface area (Å²) in [6.45, 7) is 3.86. The lowest BCUT2D eigenvalue weighted by Crippen LogP contribution is -2.33. The minimum absolute atomic E-state index is 0.0939. The number of aliphatic hydroxyl groups is 1. The van der Waals surface area contributed by atoms with E-state index in [2.05, 4.69) is 9.46 Å². The smallest absolute Gasteiger partial charge is 0.308 e. The maximum atomic E-state index is 12.4. The summed E-state index contributed by atoms with van der Waals surface area (Å²) in [6.07, 6.45) is 6.62. The van der Waals surface area contributed by atoms with Crippen LogP contribution >= 0.6 is 0 Å². The van der Waals surface area contributed by atoms with E-state index in [1.54, 1.807) is 12.1 Å². The van der Waals surface area contributed by atoms with Crippen LogP contribution in [0, 0.1) is 6.92 Å². The number of ether oxygens (including phenoxy) is 1. The van der Waals surface area contributed by atoms with E-state index in [0.717, 1.165) is 5.56 Å². The van der Waals surface area contributed by atoms with Gasteiger partial charge in [-0.25, -0.2) is 8.93 Å². The zero-order chi connectivity index (χ0) is 17.9. The van der Waals surface area contributed by atoms with Crippen molar-refractivity contribution in [3.63, 3.8) is 0 Å². The molecule has 24 heavy (non-hydrogen) atoms. The van der Waals surface area contributed by atoms with E-state index in [0.29, 0.717) is 4.90 Å². The van der Waals surface area contributed by atoms with Crippen molar-refractivity contribution >= 4 is 17.0 Å². The largest absolute Gasteiger partial charge is 0.469 e. The number of carbonyl (C=O) groups excluding carboxylic acids is 1. The molecule has 0 fully saturated rings. The van der Waals surface area contributed by atoms with Gasteiger partial charge < -0.3 is 9.84 Å². The molecular weight excluding hydrogens is 326 g/mol. The molecule has 3 atom stereocenters. The highest BCUT2D eigenvalue weighted by molar-refractivity contribution is 7.83. The van der Waals surface area contributed by atoms with Crippen LogP contribution in [0.25, 0.3) is 0 Å². The van der Waals surface area contributed by atoms with Gasteiger partial charge in [-0.2, -0.15) is 0 Å². The molecular formula is C18H25NO4S. The van der Waals surface area contributed by atoms with Gasteiger partial charge in [-0.05, 0) is 32.4 Å². The van der Waals surface area contributed by atoms with Crippen LogP contribution in [0.15, 0.2) is 53.5 Å². The molecule has 0 aromatic heterocycles. The summed E-state index contributed by atoms with van der Waals surface area (Å²) in [6, 6.07) is 7.05. The molecule has 0 spiro atoms. The van der Waals surface area contributed by atoms with Gasteiger partial charge in [-0.15, -0.1) is 0 Å². The Morgan fingerprint density at radius 2 is 2.00 bits per heavy atom. The second-order valence-corrected chi connectivity index (χ2v) is 6.63. The molecule has 0 heterocycles. The number of allylic oxidation sites excluding steroid dienone is 3. The molecule has 0 unspecified atom stereocenters. The minimum atomic E-state index is -1.41. The topological polar surface area (TPSA) is 75.6 Å². The van der Waals surface area contributed by atoms with Crippen LogP contribution in [0.4, 0.5) is 0 Å². The number of aliphatic hydroxyl groups excluding tert-OH is 1. The Labute approximate surface area is 146 Å². The SMILES string of the molecule is C/C=C/C=C/[C@H](C[C@@H](O)CC(=O)OC)N[S@](=O)c1ccc(C)cc1. The van der Waals surface area contributed by atoms with Crippen molar-refractivity contribution in [2.75, 3.05) is 7.11 Å². The van der Waals surface area contributed by atoms with E-state index in [1.807, 2.05) is 50.3 Å². The molecule has 0 saturated heterocycles. The molecule has 6 heteroatoms. The van der Waals surface area contributed by atoms with Crippen LogP contribution in [0.3, 0.4) is 0 Å². The van der Waals surface area contributed by atoms with Crippen LogP contribution in [0.2, 0.25) is 0 Å². The maximum absolute atomic E-state index is 12.4. The predicted octanol–water partition coefficient (Wildman–Crippen LogP) is 2.42. The van der Waals surface area contributed by atoms with Crippen molar-refractivity contribution in [3.8, 4) is 0 Å². The summed E-state index contributed by atoms with van der Waals surface area (Å²) in [5.74, 6) is -0.474. The highest BCUT2D eigenvalue weighted by Crippen LogP contribution is 2.11. The van der Waals surface area contributed by atoms with E-state index in [9.17, 15) is 14.1 Å². The molecule has 1 aromatic rings. The first kappa shape index (κ1) is 20.3. The Kier molecular flexibility index (Phi) is 9.22. The van der Waals surface area contributed by atoms with Crippen LogP contribution in [-0.4, -0.2) is 34.5 Å². The molecule has 0 aliphatic carbocycles. The summed E-state index contributed by atoms with van der Waals surface area (Å²) in [5.41, 5.74) is 1.09. The molecule has 1 aromatic carbocycles. The Hall–Kier alpha value is -1.76. The van der Waals surface area contributed by atoms with Gasteiger partial charge in [0.15, 0.2) is 0 Å². The van der Waals surface area contributed by atoms with Crippen molar-refractivity contribution in [1.82, 2.24) is 4.72 Å². The number of esters is 1. The molecule has 0 aliphatic rings. The third-order valence-electron chi connectivity index (χ3n) is 3.30. The van der Waals surface area contributed by atoms with Gasteiger partial charge >= 0.3 is 5.97 Å². The van der Waals surface area contributed by atoms with E-state index in [4.69, 9.17) is 0 Å². The summed E-state index contributed by atoms with van der Waals surface area (Å²) in [7, 11) is -0.130. The zero-order valence-electron chi connectivity index (χ0n) is 14.3. The van der Waals surface area contributed by atoms with Crippen molar-refractivity contribution < 1.29 is 18.8 Å². The average Bonchev–Trinajstić information content (AvgIpc) is 2.55. The van der Waals surface area contributed by atoms with E-state index in [1.165, 1.54) is 7.11 Å². The first-order valence-electron chi connectivity index (χ1n) is 7.75. The van der Waals surface area contributed by atoms with Crippen LogP contribution in [-0.2, 0) is 20.5 Å². The number of benzene rings is 1. The lowest BCUT2D eigenvalue weighted by Gasteiger charge is -2.18. The molecule has 0 radical (unpaired) electrons. The first-order chi connectivity index (χ1) is 11.5. The van der Waals surface area contributed by atoms with Crippen molar-refractivity contribution in [3.05, 3.63) is 54.1 Å². The number of hydrogen-bond donors (Lipinski definition) is 2. The number of carbonyl (C=O) groups is 1. The van der Waals surface area contributed by atoms with E-state index < -0.39 is 23.1 Å². The molecule has 5 nitrogen and oxygen atoms in total. The quantitative estimate of drug-likeness (QED) is 0.529. The van der Waals surface area contributed by atoms with Gasteiger partial charge in [0.25, 0.3) is 0 Å². The summed E-state index contributed by atoms with van der Waals surface area (Å²) < 4.78 is 20.0.